The van der Waals surface area contributed by atoms with Gasteiger partial charge in [0.2, 0.25) is 41.4 Å². The van der Waals surface area contributed by atoms with Crippen LogP contribution in [0, 0.1) is 11.8 Å². The predicted octanol–water partition coefficient (Wildman–Crippen LogP) is -3.57. The number of aliphatic carboxylic acids is 5. The summed E-state index contributed by atoms with van der Waals surface area (Å²) in [6.07, 6.45) is -2.30. The molecule has 0 saturated carbocycles. The second-order valence-corrected chi connectivity index (χ2v) is 16.6. The molecule has 68 heavy (non-hydrogen) atoms. The van der Waals surface area contributed by atoms with Crippen LogP contribution in [0.1, 0.15) is 111 Å². The van der Waals surface area contributed by atoms with E-state index in [4.69, 9.17) is 22.3 Å². The number of carboxylic acid groups (broad SMARTS) is 5. The van der Waals surface area contributed by atoms with E-state index in [1.54, 1.807) is 20.8 Å². The Morgan fingerprint density at radius 1 is 0.441 bits per heavy atom. The minimum absolute atomic E-state index is 0.0808. The Morgan fingerprint density at radius 2 is 0.824 bits per heavy atom. The number of carboxylic acids is 5. The van der Waals surface area contributed by atoms with Crippen LogP contribution in [0.15, 0.2) is 0 Å². The summed E-state index contributed by atoms with van der Waals surface area (Å²) >= 11 is 0. The normalized spacial score (nSPS) is 15.0. The lowest BCUT2D eigenvalue weighted by Crippen LogP contribution is -2.61. The molecule has 0 aliphatic carbocycles. The first-order valence-electron chi connectivity index (χ1n) is 22.2. The number of unbranched alkanes of at least 4 members (excludes halogenated alkanes) is 2. The molecular formula is C41H70N10O17. The first-order chi connectivity index (χ1) is 31.8. The number of rotatable bonds is 36. The lowest BCUT2D eigenvalue weighted by molar-refractivity contribution is -0.145. The van der Waals surface area contributed by atoms with Crippen molar-refractivity contribution < 1.29 is 83.1 Å². The molecule has 0 spiro atoms. The van der Waals surface area contributed by atoms with Crippen LogP contribution in [0.3, 0.4) is 0 Å². The average molecular weight is 975 g/mol. The van der Waals surface area contributed by atoms with Crippen molar-refractivity contribution in [1.29, 1.82) is 0 Å². The van der Waals surface area contributed by atoms with E-state index >= 15 is 0 Å². The van der Waals surface area contributed by atoms with E-state index < -0.39 is 158 Å². The van der Waals surface area contributed by atoms with Gasteiger partial charge in [0.15, 0.2) is 0 Å². The zero-order valence-electron chi connectivity index (χ0n) is 38.7. The van der Waals surface area contributed by atoms with Crippen LogP contribution in [0.5, 0.6) is 0 Å². The van der Waals surface area contributed by atoms with Gasteiger partial charge < -0.3 is 80.0 Å². The largest absolute Gasteiger partial charge is 0.481 e. The molecular weight excluding hydrogens is 905 g/mol. The van der Waals surface area contributed by atoms with Crippen LogP contribution < -0.4 is 54.4 Å². The van der Waals surface area contributed by atoms with E-state index in [1.165, 1.54) is 6.92 Å². The van der Waals surface area contributed by atoms with E-state index in [0.29, 0.717) is 32.2 Å². The summed E-state index contributed by atoms with van der Waals surface area (Å²) in [6.45, 7) is 7.06. The maximum atomic E-state index is 13.8. The Labute approximate surface area is 392 Å². The van der Waals surface area contributed by atoms with Gasteiger partial charge in [0.1, 0.15) is 42.3 Å². The van der Waals surface area contributed by atoms with Gasteiger partial charge >= 0.3 is 29.8 Å². The fourth-order valence-electron chi connectivity index (χ4n) is 6.37. The lowest BCUT2D eigenvalue weighted by Gasteiger charge is -2.28. The van der Waals surface area contributed by atoms with Gasteiger partial charge in [-0.25, -0.2) is 4.79 Å². The number of amides is 7. The van der Waals surface area contributed by atoms with Gasteiger partial charge in [0.05, 0.1) is 25.3 Å². The van der Waals surface area contributed by atoms with E-state index in [1.807, 2.05) is 10.6 Å². The third kappa shape index (κ3) is 24.9. The molecule has 18 N–H and O–H groups in total. The number of hydrogen-bond donors (Lipinski definition) is 15. The van der Waals surface area contributed by atoms with Crippen LogP contribution in [-0.2, 0) is 57.5 Å². The number of carbonyl (C=O) groups excluding carboxylic acids is 7. The van der Waals surface area contributed by atoms with Gasteiger partial charge in [-0.15, -0.1) is 0 Å². The molecule has 27 heteroatoms. The second kappa shape index (κ2) is 32.3. The Morgan fingerprint density at radius 3 is 1.22 bits per heavy atom. The van der Waals surface area contributed by atoms with Crippen LogP contribution in [0.25, 0.3) is 0 Å². The summed E-state index contributed by atoms with van der Waals surface area (Å²) in [5.74, 6) is -17.0. The van der Waals surface area contributed by atoms with Crippen molar-refractivity contribution in [3.05, 3.63) is 0 Å². The molecule has 0 fully saturated rings. The zero-order valence-corrected chi connectivity index (χ0v) is 38.7. The van der Waals surface area contributed by atoms with Crippen molar-refractivity contribution in [1.82, 2.24) is 37.2 Å². The average Bonchev–Trinajstić information content (AvgIpc) is 3.24. The third-order valence-electron chi connectivity index (χ3n) is 10.3. The summed E-state index contributed by atoms with van der Waals surface area (Å²) in [4.78, 5) is 153. The molecule has 7 amide bonds. The molecule has 0 aliphatic heterocycles. The van der Waals surface area contributed by atoms with Crippen LogP contribution in [-0.4, -0.2) is 158 Å². The highest BCUT2D eigenvalue weighted by atomic mass is 16.4. The maximum absolute atomic E-state index is 13.8. The Kier molecular flexibility index (Phi) is 29.2. The molecule has 0 saturated heterocycles. The van der Waals surface area contributed by atoms with Crippen molar-refractivity contribution in [3.8, 4) is 0 Å². The number of nitrogens with one attached hydrogen (secondary N) is 7. The second-order valence-electron chi connectivity index (χ2n) is 16.6. The zero-order chi connectivity index (χ0) is 52.3. The van der Waals surface area contributed by atoms with Gasteiger partial charge in [0, 0.05) is 6.42 Å². The molecule has 0 aliphatic rings. The summed E-state index contributed by atoms with van der Waals surface area (Å²) < 4.78 is 0. The Hall–Kier alpha value is -6.48. The molecule has 0 bridgehead atoms. The summed E-state index contributed by atoms with van der Waals surface area (Å²) in [7, 11) is 0. The van der Waals surface area contributed by atoms with Crippen molar-refractivity contribution >= 4 is 71.2 Å². The quantitative estimate of drug-likeness (QED) is 0.0270. The summed E-state index contributed by atoms with van der Waals surface area (Å²) in [5.41, 5.74) is 17.1. The van der Waals surface area contributed by atoms with Crippen molar-refractivity contribution in [2.24, 2.45) is 29.0 Å². The topological polar surface area (TPSA) is 468 Å². The molecule has 0 aromatic carbocycles. The monoisotopic (exact) mass is 974 g/mol. The smallest absolute Gasteiger partial charge is 0.326 e. The minimum Gasteiger partial charge on any atom is -0.481 e. The Bertz CT molecular complexity index is 1770. The molecule has 27 nitrogen and oxygen atoms in total. The fraction of sp³-hybridized carbons (Fsp3) is 0.707. The fourth-order valence-corrected chi connectivity index (χ4v) is 6.37. The van der Waals surface area contributed by atoms with Gasteiger partial charge in [-0.2, -0.15) is 0 Å². The van der Waals surface area contributed by atoms with Gasteiger partial charge in [0.25, 0.3) is 0 Å². The molecule has 0 aromatic rings. The summed E-state index contributed by atoms with van der Waals surface area (Å²) in [6, 6.07) is -13.2. The van der Waals surface area contributed by atoms with Crippen molar-refractivity contribution in [2.45, 2.75) is 160 Å². The lowest BCUT2D eigenvalue weighted by atomic mass is 9.97. The first-order valence-corrected chi connectivity index (χ1v) is 22.2. The first kappa shape index (κ1) is 61.5. The molecule has 0 heterocycles. The standard InChI is InChI=1S/C41H70N10O17/c1-5-21(4)33(40(66)46-24(41(67)68)12-13-29(52)53)51-39(65)28(19-32(58)59)50-38(64)27(18-31(56)57)49-37(63)26(17-30(54)55)48-36(62)25(16-20(2)3)47-35(61)23(11-7-9-15-43)45-34(60)22(44)10-6-8-14-42/h20-28,33H,5-19,42-44H2,1-4H3,(H,45,60)(H,46,66)(H,47,61)(H,48,62)(H,49,63)(H,50,64)(H,51,65)(H,52,53)(H,54,55)(H,56,57)(H,58,59)(H,67,68)/t21-,22-,23-,24-,25-,26-,27-,28-,33-/m0/s1. The van der Waals surface area contributed by atoms with E-state index in [2.05, 4.69) is 26.6 Å². The molecule has 0 rings (SSSR count). The van der Waals surface area contributed by atoms with Crippen LogP contribution >= 0.6 is 0 Å². The number of carbonyl (C=O) groups is 12. The van der Waals surface area contributed by atoms with Gasteiger partial charge in [-0.05, 0) is 69.9 Å². The summed E-state index contributed by atoms with van der Waals surface area (Å²) in [5, 5.41) is 63.0. The third-order valence-corrected chi connectivity index (χ3v) is 10.3. The van der Waals surface area contributed by atoms with E-state index in [-0.39, 0.29) is 38.1 Å². The van der Waals surface area contributed by atoms with Crippen LogP contribution in [0.2, 0.25) is 0 Å². The highest BCUT2D eigenvalue weighted by Gasteiger charge is 2.37. The number of nitrogens with two attached hydrogens (primary N) is 3. The SMILES string of the molecule is CC[C@H](C)[C@H](NC(=O)[C@H](CC(=O)O)NC(=O)[C@H](CC(=O)O)NC(=O)[C@H](CC(=O)O)NC(=O)[C@H](CC(C)C)NC(=O)[C@H](CCCCN)NC(=O)[C@@H](N)CCCCN)C(=O)N[C@@H](CCC(=O)O)C(=O)O. The highest BCUT2D eigenvalue weighted by Crippen LogP contribution is 2.13. The van der Waals surface area contributed by atoms with E-state index in [9.17, 15) is 78.0 Å². The molecule has 0 aromatic heterocycles. The maximum Gasteiger partial charge on any atom is 0.326 e. The van der Waals surface area contributed by atoms with Gasteiger partial charge in [-0.3, -0.25) is 52.7 Å². The van der Waals surface area contributed by atoms with Crippen LogP contribution in [0.4, 0.5) is 0 Å². The minimum atomic E-state index is -2.16. The Balaban J connectivity index is 6.57. The van der Waals surface area contributed by atoms with Gasteiger partial charge in [-0.1, -0.05) is 40.5 Å². The molecule has 9 atom stereocenters. The molecule has 386 valence electrons. The predicted molar refractivity (Wildman–Crippen MR) is 237 cm³/mol. The molecule has 0 radical (unpaired) electrons. The van der Waals surface area contributed by atoms with Crippen molar-refractivity contribution in [3.63, 3.8) is 0 Å². The van der Waals surface area contributed by atoms with Crippen molar-refractivity contribution in [2.75, 3.05) is 13.1 Å². The number of hydrogen-bond acceptors (Lipinski definition) is 15. The highest BCUT2D eigenvalue weighted by molar-refractivity contribution is 6.00. The molecule has 0 unspecified atom stereocenters. The van der Waals surface area contributed by atoms with E-state index in [0.717, 1.165) is 0 Å².